The van der Waals surface area contributed by atoms with Crippen LogP contribution in [0.2, 0.25) is 0 Å². The number of pyridine rings is 1. The average molecular weight is 259 g/mol. The van der Waals surface area contributed by atoms with E-state index in [4.69, 9.17) is 4.65 Å². The third-order valence-corrected chi connectivity index (χ3v) is 3.72. The molecular weight excluding hydrogens is 239 g/mol. The molecule has 0 bridgehead atoms. The van der Waals surface area contributed by atoms with Crippen molar-refractivity contribution in [2.45, 2.75) is 45.8 Å². The Kier molecular flexibility index (Phi) is 3.45. The zero-order chi connectivity index (χ0) is 14.3. The molecule has 2 aromatic heterocycles. The van der Waals surface area contributed by atoms with E-state index in [0.717, 1.165) is 22.1 Å². The molecule has 101 valence electrons. The number of aromatic nitrogens is 2. The largest absolute Gasteiger partial charge is 0.427 e. The first kappa shape index (κ1) is 14.1. The number of hydrogen-bond donors (Lipinski definition) is 2. The van der Waals surface area contributed by atoms with Gasteiger partial charge in [-0.3, -0.25) is 0 Å². The molecule has 0 saturated carbocycles. The molecule has 0 atom stereocenters. The predicted octanol–water partition coefficient (Wildman–Crippen LogP) is 1.68. The number of aliphatic hydroxyl groups is 1. The molecule has 2 heterocycles. The molecule has 0 aliphatic rings. The van der Waals surface area contributed by atoms with Crippen molar-refractivity contribution >= 4 is 24.0 Å². The highest BCUT2D eigenvalue weighted by Crippen LogP contribution is 2.24. The Labute approximate surface area is 114 Å². The molecule has 0 spiro atoms. The van der Waals surface area contributed by atoms with E-state index in [1.165, 1.54) is 0 Å². The SMILES string of the molecule is Cc1c[nH]c2ncc([B]OC(C)(C)C(C)(C)O)cc12. The lowest BCUT2D eigenvalue weighted by atomic mass is 9.83. The van der Waals surface area contributed by atoms with Crippen molar-refractivity contribution in [2.24, 2.45) is 0 Å². The fraction of sp³-hybridized carbons (Fsp3) is 0.500. The Morgan fingerprint density at radius 1 is 1.32 bits per heavy atom. The Bertz CT molecular complexity index is 585. The van der Waals surface area contributed by atoms with Crippen LogP contribution in [0, 0.1) is 6.92 Å². The van der Waals surface area contributed by atoms with Crippen LogP contribution in [0.4, 0.5) is 0 Å². The summed E-state index contributed by atoms with van der Waals surface area (Å²) < 4.78 is 5.72. The summed E-state index contributed by atoms with van der Waals surface area (Å²) in [7, 11) is 1.65. The van der Waals surface area contributed by atoms with Crippen molar-refractivity contribution in [3.8, 4) is 0 Å². The highest BCUT2D eigenvalue weighted by Gasteiger charge is 2.35. The first-order valence-corrected chi connectivity index (χ1v) is 6.38. The van der Waals surface area contributed by atoms with E-state index in [0.29, 0.717) is 0 Å². The first-order valence-electron chi connectivity index (χ1n) is 6.38. The van der Waals surface area contributed by atoms with E-state index in [1.54, 1.807) is 27.5 Å². The van der Waals surface area contributed by atoms with Crippen LogP contribution in [0.1, 0.15) is 33.3 Å². The van der Waals surface area contributed by atoms with Crippen molar-refractivity contribution in [1.82, 2.24) is 9.97 Å². The molecule has 1 radical (unpaired) electrons. The summed E-state index contributed by atoms with van der Waals surface area (Å²) in [5.74, 6) is 0. The molecule has 0 fully saturated rings. The molecule has 2 aromatic rings. The number of H-pyrrole nitrogens is 1. The molecule has 0 unspecified atom stereocenters. The minimum absolute atomic E-state index is 0.671. The number of hydrogen-bond acceptors (Lipinski definition) is 3. The number of aromatic amines is 1. The summed E-state index contributed by atoms with van der Waals surface area (Å²) in [6.07, 6.45) is 3.68. The van der Waals surface area contributed by atoms with Crippen molar-refractivity contribution < 1.29 is 9.76 Å². The van der Waals surface area contributed by atoms with Gasteiger partial charge in [-0.2, -0.15) is 0 Å². The minimum Gasteiger partial charge on any atom is -0.427 e. The maximum Gasteiger partial charge on any atom is 0.332 e. The zero-order valence-electron chi connectivity index (χ0n) is 12.1. The second-order valence-electron chi connectivity index (χ2n) is 5.94. The first-order chi connectivity index (χ1) is 8.71. The number of rotatable bonds is 4. The molecule has 0 aliphatic heterocycles. The van der Waals surface area contributed by atoms with E-state index in [9.17, 15) is 5.11 Å². The summed E-state index contributed by atoms with van der Waals surface area (Å²) in [4.78, 5) is 7.44. The Morgan fingerprint density at radius 3 is 2.63 bits per heavy atom. The van der Waals surface area contributed by atoms with Gasteiger partial charge in [0.1, 0.15) is 5.65 Å². The standard InChI is InChI=1S/C14H20BN2O2/c1-9-7-16-12-11(9)6-10(8-17-12)15-19-14(4,5)13(2,3)18/h6-8,18H,1-5H3,(H,16,17). The third-order valence-electron chi connectivity index (χ3n) is 3.72. The van der Waals surface area contributed by atoms with Gasteiger partial charge in [0.15, 0.2) is 0 Å². The molecule has 0 saturated heterocycles. The summed E-state index contributed by atoms with van der Waals surface area (Å²) in [5.41, 5.74) is 1.31. The van der Waals surface area contributed by atoms with Gasteiger partial charge < -0.3 is 14.7 Å². The van der Waals surface area contributed by atoms with Crippen molar-refractivity contribution in [3.63, 3.8) is 0 Å². The van der Waals surface area contributed by atoms with Crippen LogP contribution in [-0.4, -0.2) is 33.8 Å². The van der Waals surface area contributed by atoms with E-state index < -0.39 is 11.2 Å². The predicted molar refractivity (Wildman–Crippen MR) is 77.7 cm³/mol. The lowest BCUT2D eigenvalue weighted by Crippen LogP contribution is -2.49. The summed E-state index contributed by atoms with van der Waals surface area (Å²) in [6.45, 7) is 9.22. The van der Waals surface area contributed by atoms with Gasteiger partial charge in [0, 0.05) is 17.8 Å². The smallest absolute Gasteiger partial charge is 0.332 e. The van der Waals surface area contributed by atoms with E-state index in [1.807, 2.05) is 33.0 Å². The van der Waals surface area contributed by atoms with Gasteiger partial charge in [0.05, 0.1) is 11.2 Å². The fourth-order valence-electron chi connectivity index (χ4n) is 1.57. The monoisotopic (exact) mass is 259 g/mol. The summed E-state index contributed by atoms with van der Waals surface area (Å²) in [5, 5.41) is 11.1. The number of nitrogens with one attached hydrogen (secondary N) is 1. The van der Waals surface area contributed by atoms with E-state index in [-0.39, 0.29) is 0 Å². The van der Waals surface area contributed by atoms with Gasteiger partial charge in [0.2, 0.25) is 0 Å². The molecular formula is C14H20BN2O2. The van der Waals surface area contributed by atoms with Crippen molar-refractivity contribution in [2.75, 3.05) is 0 Å². The topological polar surface area (TPSA) is 58.1 Å². The van der Waals surface area contributed by atoms with Crippen LogP contribution in [0.15, 0.2) is 18.5 Å². The van der Waals surface area contributed by atoms with Crippen LogP contribution in [-0.2, 0) is 4.65 Å². The summed E-state index contributed by atoms with van der Waals surface area (Å²) in [6, 6.07) is 2.02. The highest BCUT2D eigenvalue weighted by atomic mass is 16.5. The Hall–Kier alpha value is -1.33. The Morgan fingerprint density at radius 2 is 2.00 bits per heavy atom. The zero-order valence-corrected chi connectivity index (χ0v) is 12.1. The van der Waals surface area contributed by atoms with Gasteiger partial charge >= 0.3 is 7.48 Å². The highest BCUT2D eigenvalue weighted by molar-refractivity contribution is 6.47. The molecule has 19 heavy (non-hydrogen) atoms. The lowest BCUT2D eigenvalue weighted by molar-refractivity contribution is -0.0893. The van der Waals surface area contributed by atoms with Crippen LogP contribution in [0.5, 0.6) is 0 Å². The molecule has 2 rings (SSSR count). The lowest BCUT2D eigenvalue weighted by Gasteiger charge is -2.37. The van der Waals surface area contributed by atoms with Crippen molar-refractivity contribution in [3.05, 3.63) is 24.0 Å². The third kappa shape index (κ3) is 2.82. The molecule has 2 N–H and O–H groups in total. The summed E-state index contributed by atoms with van der Waals surface area (Å²) >= 11 is 0. The minimum atomic E-state index is -0.926. The van der Waals surface area contributed by atoms with Crippen LogP contribution >= 0.6 is 0 Å². The fourth-order valence-corrected chi connectivity index (χ4v) is 1.57. The van der Waals surface area contributed by atoms with Crippen LogP contribution < -0.4 is 5.46 Å². The molecule has 0 aromatic carbocycles. The van der Waals surface area contributed by atoms with E-state index in [2.05, 4.69) is 9.97 Å². The van der Waals surface area contributed by atoms with Crippen LogP contribution in [0.25, 0.3) is 11.0 Å². The second kappa shape index (κ2) is 4.65. The molecule has 0 aliphatic carbocycles. The number of nitrogens with zero attached hydrogens (tertiary/aromatic N) is 1. The molecule has 0 amide bonds. The quantitative estimate of drug-likeness (QED) is 0.821. The van der Waals surface area contributed by atoms with Crippen molar-refractivity contribution in [1.29, 1.82) is 0 Å². The normalized spacial score (nSPS) is 12.9. The number of aryl methyl sites for hydroxylation is 1. The van der Waals surface area contributed by atoms with Gasteiger partial charge in [0.25, 0.3) is 0 Å². The van der Waals surface area contributed by atoms with E-state index >= 15 is 0 Å². The van der Waals surface area contributed by atoms with Gasteiger partial charge in [-0.25, -0.2) is 4.98 Å². The maximum atomic E-state index is 10.0. The average Bonchev–Trinajstić information content (AvgIpc) is 2.67. The maximum absolute atomic E-state index is 10.0. The Balaban J connectivity index is 2.16. The van der Waals surface area contributed by atoms with Gasteiger partial charge in [-0.15, -0.1) is 0 Å². The van der Waals surface area contributed by atoms with Crippen LogP contribution in [0.3, 0.4) is 0 Å². The second-order valence-corrected chi connectivity index (χ2v) is 5.94. The molecule has 4 nitrogen and oxygen atoms in total. The molecule has 5 heteroatoms. The van der Waals surface area contributed by atoms with Gasteiger partial charge in [-0.1, -0.05) is 6.07 Å². The van der Waals surface area contributed by atoms with Gasteiger partial charge in [-0.05, 0) is 45.6 Å². The number of fused-ring (bicyclic) bond motifs is 1.